The second kappa shape index (κ2) is 6.40. The summed E-state index contributed by atoms with van der Waals surface area (Å²) in [6.07, 6.45) is 2.08. The van der Waals surface area contributed by atoms with E-state index < -0.39 is 5.97 Å². The van der Waals surface area contributed by atoms with Gasteiger partial charge in [-0.15, -0.1) is 0 Å². The summed E-state index contributed by atoms with van der Waals surface area (Å²) < 4.78 is 10.5. The lowest BCUT2D eigenvalue weighted by Crippen LogP contribution is -2.47. The Labute approximate surface area is 115 Å². The van der Waals surface area contributed by atoms with Gasteiger partial charge in [0.15, 0.2) is 5.69 Å². The Morgan fingerprint density at radius 1 is 1.45 bits per heavy atom. The number of carboxylic acid groups (broad SMARTS) is 1. The Morgan fingerprint density at radius 3 is 2.75 bits per heavy atom. The number of hydrogen-bond donors (Lipinski definition) is 1. The van der Waals surface area contributed by atoms with Gasteiger partial charge < -0.3 is 19.5 Å². The SMILES string of the molecule is COCC1CN(C(=O)c2cnc(C(=O)O)cn2)CCO1. The van der Waals surface area contributed by atoms with Crippen molar-refractivity contribution in [3.63, 3.8) is 0 Å². The van der Waals surface area contributed by atoms with Gasteiger partial charge in [0.1, 0.15) is 5.69 Å². The first-order chi connectivity index (χ1) is 9.61. The van der Waals surface area contributed by atoms with Gasteiger partial charge in [0.25, 0.3) is 5.91 Å². The van der Waals surface area contributed by atoms with Crippen molar-refractivity contribution in [1.29, 1.82) is 0 Å². The molecule has 0 aromatic carbocycles. The standard InChI is InChI=1S/C12H15N3O5/c1-19-7-8-6-15(2-3-20-8)11(16)9-4-14-10(5-13-9)12(17)18/h4-5,8H,2-3,6-7H2,1H3,(H,17,18). The minimum Gasteiger partial charge on any atom is -0.476 e. The van der Waals surface area contributed by atoms with E-state index in [2.05, 4.69) is 9.97 Å². The molecule has 8 heteroatoms. The lowest BCUT2D eigenvalue weighted by molar-refractivity contribution is -0.0532. The monoisotopic (exact) mass is 281 g/mol. The average Bonchev–Trinajstić information content (AvgIpc) is 2.47. The van der Waals surface area contributed by atoms with Gasteiger partial charge in [-0.2, -0.15) is 0 Å². The van der Waals surface area contributed by atoms with Gasteiger partial charge in [0.2, 0.25) is 0 Å². The van der Waals surface area contributed by atoms with Gasteiger partial charge in [0.05, 0.1) is 31.7 Å². The average molecular weight is 281 g/mol. The lowest BCUT2D eigenvalue weighted by atomic mass is 10.2. The molecule has 108 valence electrons. The summed E-state index contributed by atoms with van der Waals surface area (Å²) in [4.78, 5) is 32.0. The first kappa shape index (κ1) is 14.4. The summed E-state index contributed by atoms with van der Waals surface area (Å²) >= 11 is 0. The highest BCUT2D eigenvalue weighted by molar-refractivity contribution is 5.92. The van der Waals surface area contributed by atoms with Gasteiger partial charge in [-0.1, -0.05) is 0 Å². The largest absolute Gasteiger partial charge is 0.476 e. The topological polar surface area (TPSA) is 102 Å². The first-order valence-electron chi connectivity index (χ1n) is 6.07. The third kappa shape index (κ3) is 3.28. The van der Waals surface area contributed by atoms with E-state index in [0.717, 1.165) is 6.20 Å². The summed E-state index contributed by atoms with van der Waals surface area (Å²) in [5, 5.41) is 8.73. The summed E-state index contributed by atoms with van der Waals surface area (Å²) in [6, 6.07) is 0. The van der Waals surface area contributed by atoms with E-state index in [1.54, 1.807) is 12.0 Å². The number of nitrogens with zero attached hydrogens (tertiary/aromatic N) is 3. The van der Waals surface area contributed by atoms with Crippen molar-refractivity contribution in [3.8, 4) is 0 Å². The van der Waals surface area contributed by atoms with E-state index in [1.165, 1.54) is 6.20 Å². The molecular formula is C12H15N3O5. The highest BCUT2D eigenvalue weighted by Gasteiger charge is 2.26. The highest BCUT2D eigenvalue weighted by atomic mass is 16.5. The molecule has 0 radical (unpaired) electrons. The van der Waals surface area contributed by atoms with Crippen molar-refractivity contribution in [2.75, 3.05) is 33.4 Å². The molecule has 0 spiro atoms. The second-order valence-electron chi connectivity index (χ2n) is 4.29. The Balaban J connectivity index is 2.04. The molecule has 1 aliphatic rings. The van der Waals surface area contributed by atoms with Crippen LogP contribution in [0, 0.1) is 0 Å². The molecule has 1 aromatic heterocycles. The van der Waals surface area contributed by atoms with Gasteiger partial charge in [-0.05, 0) is 0 Å². The van der Waals surface area contributed by atoms with Gasteiger partial charge in [-0.25, -0.2) is 14.8 Å². The zero-order valence-corrected chi connectivity index (χ0v) is 11.0. The maximum Gasteiger partial charge on any atom is 0.356 e. The fourth-order valence-corrected chi connectivity index (χ4v) is 1.90. The maximum absolute atomic E-state index is 12.2. The van der Waals surface area contributed by atoms with Crippen molar-refractivity contribution in [2.24, 2.45) is 0 Å². The molecule has 0 saturated carbocycles. The van der Waals surface area contributed by atoms with Gasteiger partial charge in [0, 0.05) is 20.2 Å². The van der Waals surface area contributed by atoms with Crippen LogP contribution in [0.25, 0.3) is 0 Å². The molecule has 1 unspecified atom stereocenters. The molecule has 2 rings (SSSR count). The van der Waals surface area contributed by atoms with Crippen LogP contribution in [0.15, 0.2) is 12.4 Å². The third-order valence-electron chi connectivity index (χ3n) is 2.87. The molecule has 1 atom stereocenters. The third-order valence-corrected chi connectivity index (χ3v) is 2.87. The Hall–Kier alpha value is -2.06. The summed E-state index contributed by atoms with van der Waals surface area (Å²) in [5.74, 6) is -1.47. The van der Waals surface area contributed by atoms with Crippen LogP contribution in [-0.4, -0.2) is 71.4 Å². The predicted molar refractivity (Wildman–Crippen MR) is 66.5 cm³/mol. The molecular weight excluding hydrogens is 266 g/mol. The molecule has 1 fully saturated rings. The minimum atomic E-state index is -1.18. The van der Waals surface area contributed by atoms with Crippen molar-refractivity contribution in [3.05, 3.63) is 23.8 Å². The van der Waals surface area contributed by atoms with Gasteiger partial charge in [-0.3, -0.25) is 4.79 Å². The molecule has 1 aliphatic heterocycles. The lowest BCUT2D eigenvalue weighted by Gasteiger charge is -2.32. The summed E-state index contributed by atoms with van der Waals surface area (Å²) in [5.41, 5.74) is -0.0751. The highest BCUT2D eigenvalue weighted by Crippen LogP contribution is 2.09. The van der Waals surface area contributed by atoms with E-state index in [1.807, 2.05) is 0 Å². The Morgan fingerprint density at radius 2 is 2.15 bits per heavy atom. The number of carbonyl (C=O) groups is 2. The molecule has 20 heavy (non-hydrogen) atoms. The summed E-state index contributed by atoms with van der Waals surface area (Å²) in [7, 11) is 1.57. The van der Waals surface area contributed by atoms with E-state index in [-0.39, 0.29) is 23.4 Å². The molecule has 2 heterocycles. The minimum absolute atomic E-state index is 0.119. The number of aromatic nitrogens is 2. The predicted octanol–water partition coefficient (Wildman–Crippen LogP) is -0.338. The van der Waals surface area contributed by atoms with Gasteiger partial charge >= 0.3 is 5.97 Å². The number of methoxy groups -OCH3 is 1. The number of carbonyl (C=O) groups excluding carboxylic acids is 1. The molecule has 1 amide bonds. The van der Waals surface area contributed by atoms with Crippen LogP contribution in [0.3, 0.4) is 0 Å². The molecule has 1 aromatic rings. The number of aromatic carboxylic acids is 1. The van der Waals surface area contributed by atoms with Crippen molar-refractivity contribution in [2.45, 2.75) is 6.10 Å². The smallest absolute Gasteiger partial charge is 0.356 e. The van der Waals surface area contributed by atoms with Crippen LogP contribution in [-0.2, 0) is 9.47 Å². The van der Waals surface area contributed by atoms with Crippen LogP contribution in [0.4, 0.5) is 0 Å². The quantitative estimate of drug-likeness (QED) is 0.805. The fourth-order valence-electron chi connectivity index (χ4n) is 1.90. The van der Waals surface area contributed by atoms with Crippen LogP contribution in [0.1, 0.15) is 21.0 Å². The maximum atomic E-state index is 12.2. The van der Waals surface area contributed by atoms with Crippen LogP contribution >= 0.6 is 0 Å². The number of rotatable bonds is 4. The van der Waals surface area contributed by atoms with Crippen molar-refractivity contribution >= 4 is 11.9 Å². The fraction of sp³-hybridized carbons (Fsp3) is 0.500. The number of hydrogen-bond acceptors (Lipinski definition) is 6. The zero-order valence-electron chi connectivity index (χ0n) is 11.0. The number of morpholine rings is 1. The number of ether oxygens (including phenoxy) is 2. The van der Waals surface area contributed by atoms with Crippen LogP contribution < -0.4 is 0 Å². The number of carboxylic acids is 1. The molecule has 8 nitrogen and oxygen atoms in total. The number of amides is 1. The van der Waals surface area contributed by atoms with E-state index in [0.29, 0.717) is 26.3 Å². The molecule has 1 N–H and O–H groups in total. The Bertz CT molecular complexity index is 488. The molecule has 0 bridgehead atoms. The summed E-state index contributed by atoms with van der Waals surface area (Å²) in [6.45, 7) is 1.71. The molecule has 0 aliphatic carbocycles. The Kier molecular flexibility index (Phi) is 4.59. The van der Waals surface area contributed by atoms with E-state index in [4.69, 9.17) is 14.6 Å². The van der Waals surface area contributed by atoms with Crippen molar-refractivity contribution in [1.82, 2.24) is 14.9 Å². The first-order valence-corrected chi connectivity index (χ1v) is 6.07. The van der Waals surface area contributed by atoms with Crippen LogP contribution in [0.5, 0.6) is 0 Å². The second-order valence-corrected chi connectivity index (χ2v) is 4.29. The van der Waals surface area contributed by atoms with E-state index in [9.17, 15) is 9.59 Å². The zero-order chi connectivity index (χ0) is 14.5. The van der Waals surface area contributed by atoms with E-state index >= 15 is 0 Å². The molecule has 1 saturated heterocycles. The van der Waals surface area contributed by atoms with Crippen LogP contribution in [0.2, 0.25) is 0 Å². The normalized spacial score (nSPS) is 18.9. The van der Waals surface area contributed by atoms with Crippen molar-refractivity contribution < 1.29 is 24.2 Å².